The Morgan fingerprint density at radius 3 is 2.78 bits per heavy atom. The molecule has 0 saturated heterocycles. The third-order valence-electron chi connectivity index (χ3n) is 4.00. The number of phenolic OH excluding ortho intramolecular Hbond substituents is 1. The predicted octanol–water partition coefficient (Wildman–Crippen LogP) is 2.01. The zero-order chi connectivity index (χ0) is 12.5. The summed E-state index contributed by atoms with van der Waals surface area (Å²) in [6, 6.07) is 8.15. The van der Waals surface area contributed by atoms with Crippen LogP contribution in [-0.2, 0) is 0 Å². The average molecular weight is 245 g/mol. The van der Waals surface area contributed by atoms with Crippen LogP contribution in [0.4, 0.5) is 0 Å². The topological polar surface area (TPSA) is 61.9 Å². The molecule has 0 radical (unpaired) electrons. The third kappa shape index (κ3) is 1.92. The Bertz CT molecular complexity index is 466. The molecule has 18 heavy (non-hydrogen) atoms. The van der Waals surface area contributed by atoms with Crippen molar-refractivity contribution in [2.75, 3.05) is 6.54 Å². The van der Waals surface area contributed by atoms with Gasteiger partial charge in [0.25, 0.3) is 0 Å². The summed E-state index contributed by atoms with van der Waals surface area (Å²) in [7, 11) is 0. The van der Waals surface area contributed by atoms with Crippen molar-refractivity contribution >= 4 is 5.96 Å². The highest BCUT2D eigenvalue weighted by atomic mass is 16.3. The Morgan fingerprint density at radius 2 is 2.06 bits per heavy atom. The SMILES string of the molecule is NC1=NCC(c2cccc(O)c2)N1C1CCCC1. The second kappa shape index (κ2) is 4.52. The van der Waals surface area contributed by atoms with Crippen molar-refractivity contribution in [3.8, 4) is 5.75 Å². The maximum Gasteiger partial charge on any atom is 0.192 e. The van der Waals surface area contributed by atoms with Gasteiger partial charge in [0.1, 0.15) is 5.75 Å². The number of nitrogens with zero attached hydrogens (tertiary/aromatic N) is 2. The van der Waals surface area contributed by atoms with Gasteiger partial charge in [-0.15, -0.1) is 0 Å². The fourth-order valence-electron chi connectivity index (χ4n) is 3.13. The van der Waals surface area contributed by atoms with Crippen LogP contribution in [0.2, 0.25) is 0 Å². The number of nitrogens with two attached hydrogens (primary N) is 1. The fraction of sp³-hybridized carbons (Fsp3) is 0.500. The van der Waals surface area contributed by atoms with Gasteiger partial charge in [-0.25, -0.2) is 0 Å². The summed E-state index contributed by atoms with van der Waals surface area (Å²) in [6.45, 7) is 0.700. The molecule has 3 rings (SSSR count). The van der Waals surface area contributed by atoms with Crippen LogP contribution in [0.25, 0.3) is 0 Å². The molecule has 1 aromatic carbocycles. The minimum Gasteiger partial charge on any atom is -0.508 e. The second-order valence-electron chi connectivity index (χ2n) is 5.16. The molecule has 0 aromatic heterocycles. The van der Waals surface area contributed by atoms with Crippen molar-refractivity contribution in [1.82, 2.24) is 4.90 Å². The summed E-state index contributed by atoms with van der Waals surface area (Å²) in [4.78, 5) is 6.64. The van der Waals surface area contributed by atoms with E-state index < -0.39 is 0 Å². The van der Waals surface area contributed by atoms with Crippen LogP contribution in [-0.4, -0.2) is 28.6 Å². The molecule has 2 aliphatic rings. The maximum atomic E-state index is 9.60. The molecule has 1 aliphatic carbocycles. The van der Waals surface area contributed by atoms with E-state index in [0.717, 1.165) is 5.56 Å². The predicted molar refractivity (Wildman–Crippen MR) is 71.4 cm³/mol. The van der Waals surface area contributed by atoms with E-state index >= 15 is 0 Å². The normalized spacial score (nSPS) is 24.6. The van der Waals surface area contributed by atoms with E-state index in [2.05, 4.69) is 9.89 Å². The monoisotopic (exact) mass is 245 g/mol. The van der Waals surface area contributed by atoms with Gasteiger partial charge in [0.2, 0.25) is 0 Å². The van der Waals surface area contributed by atoms with Crippen LogP contribution < -0.4 is 5.73 Å². The Morgan fingerprint density at radius 1 is 1.28 bits per heavy atom. The summed E-state index contributed by atoms with van der Waals surface area (Å²) in [6.07, 6.45) is 4.96. The lowest BCUT2D eigenvalue weighted by Crippen LogP contribution is -2.42. The average Bonchev–Trinajstić information content (AvgIpc) is 2.97. The van der Waals surface area contributed by atoms with E-state index in [9.17, 15) is 5.11 Å². The Balaban J connectivity index is 1.87. The van der Waals surface area contributed by atoms with E-state index in [4.69, 9.17) is 5.73 Å². The quantitative estimate of drug-likeness (QED) is 0.837. The van der Waals surface area contributed by atoms with E-state index in [1.54, 1.807) is 6.07 Å². The van der Waals surface area contributed by atoms with Crippen molar-refractivity contribution in [2.24, 2.45) is 10.7 Å². The van der Waals surface area contributed by atoms with Crippen LogP contribution >= 0.6 is 0 Å². The fourth-order valence-corrected chi connectivity index (χ4v) is 3.13. The molecule has 1 fully saturated rings. The van der Waals surface area contributed by atoms with E-state index in [-0.39, 0.29) is 6.04 Å². The van der Waals surface area contributed by atoms with Crippen LogP contribution in [0.15, 0.2) is 29.3 Å². The van der Waals surface area contributed by atoms with Crippen molar-refractivity contribution in [3.63, 3.8) is 0 Å². The zero-order valence-corrected chi connectivity index (χ0v) is 10.4. The number of hydrogen-bond acceptors (Lipinski definition) is 4. The highest BCUT2D eigenvalue weighted by molar-refractivity contribution is 5.80. The molecule has 1 aliphatic heterocycles. The van der Waals surface area contributed by atoms with Gasteiger partial charge in [-0.1, -0.05) is 25.0 Å². The summed E-state index contributed by atoms with van der Waals surface area (Å²) < 4.78 is 0. The molecule has 96 valence electrons. The van der Waals surface area contributed by atoms with Gasteiger partial charge in [0.15, 0.2) is 5.96 Å². The van der Waals surface area contributed by atoms with Crippen molar-refractivity contribution in [3.05, 3.63) is 29.8 Å². The smallest absolute Gasteiger partial charge is 0.192 e. The van der Waals surface area contributed by atoms with Crippen LogP contribution in [0.3, 0.4) is 0 Å². The lowest BCUT2D eigenvalue weighted by molar-refractivity contribution is 0.262. The second-order valence-corrected chi connectivity index (χ2v) is 5.16. The molecule has 0 spiro atoms. The molecule has 1 saturated carbocycles. The summed E-state index contributed by atoms with van der Waals surface area (Å²) >= 11 is 0. The minimum atomic E-state index is 0.195. The lowest BCUT2D eigenvalue weighted by atomic mass is 10.0. The van der Waals surface area contributed by atoms with Gasteiger partial charge in [-0.2, -0.15) is 0 Å². The maximum absolute atomic E-state index is 9.60. The number of phenols is 1. The number of rotatable bonds is 2. The van der Waals surface area contributed by atoms with E-state index in [1.807, 2.05) is 18.2 Å². The van der Waals surface area contributed by atoms with Gasteiger partial charge in [-0.05, 0) is 30.5 Å². The van der Waals surface area contributed by atoms with Crippen LogP contribution in [0, 0.1) is 0 Å². The van der Waals surface area contributed by atoms with Gasteiger partial charge in [-0.3, -0.25) is 4.99 Å². The third-order valence-corrected chi connectivity index (χ3v) is 4.00. The van der Waals surface area contributed by atoms with Gasteiger partial charge in [0, 0.05) is 6.04 Å². The molecule has 3 N–H and O–H groups in total. The largest absolute Gasteiger partial charge is 0.508 e. The Hall–Kier alpha value is -1.71. The van der Waals surface area contributed by atoms with Crippen LogP contribution in [0.1, 0.15) is 37.3 Å². The summed E-state index contributed by atoms with van der Waals surface area (Å²) in [5.74, 6) is 0.972. The molecule has 4 nitrogen and oxygen atoms in total. The van der Waals surface area contributed by atoms with Gasteiger partial charge >= 0.3 is 0 Å². The minimum absolute atomic E-state index is 0.195. The number of aromatic hydroxyl groups is 1. The number of hydrogen-bond donors (Lipinski definition) is 2. The molecule has 0 amide bonds. The van der Waals surface area contributed by atoms with E-state index in [0.29, 0.717) is 24.3 Å². The Kier molecular flexibility index (Phi) is 2.86. The summed E-state index contributed by atoms with van der Waals surface area (Å²) in [5.41, 5.74) is 7.14. The van der Waals surface area contributed by atoms with Gasteiger partial charge in [0.05, 0.1) is 12.6 Å². The van der Waals surface area contributed by atoms with Crippen LogP contribution in [0.5, 0.6) is 5.75 Å². The molecule has 0 bridgehead atoms. The first kappa shape index (κ1) is 11.4. The number of aliphatic imine (C=N–C) groups is 1. The highest BCUT2D eigenvalue weighted by Crippen LogP contribution is 2.34. The van der Waals surface area contributed by atoms with Gasteiger partial charge < -0.3 is 15.7 Å². The number of guanidine groups is 1. The van der Waals surface area contributed by atoms with Crippen molar-refractivity contribution in [2.45, 2.75) is 37.8 Å². The van der Waals surface area contributed by atoms with Crippen molar-refractivity contribution < 1.29 is 5.11 Å². The van der Waals surface area contributed by atoms with Crippen molar-refractivity contribution in [1.29, 1.82) is 0 Å². The zero-order valence-electron chi connectivity index (χ0n) is 10.4. The highest BCUT2D eigenvalue weighted by Gasteiger charge is 2.34. The Labute approximate surface area is 107 Å². The first-order chi connectivity index (χ1) is 8.75. The standard InChI is InChI=1S/C14H19N3O/c15-14-16-9-13(10-4-3-7-12(18)8-10)17(14)11-5-1-2-6-11/h3-4,7-8,11,13,18H,1-2,5-6,9H2,(H2,15,16). The molecule has 1 atom stereocenters. The molecular formula is C14H19N3O. The molecule has 1 unspecified atom stereocenters. The number of benzene rings is 1. The van der Waals surface area contributed by atoms with E-state index in [1.165, 1.54) is 25.7 Å². The molecule has 4 heteroatoms. The first-order valence-corrected chi connectivity index (χ1v) is 6.63. The molecule has 1 heterocycles. The lowest BCUT2D eigenvalue weighted by Gasteiger charge is -2.32. The molecule has 1 aromatic rings. The molecular weight excluding hydrogens is 226 g/mol. The summed E-state index contributed by atoms with van der Waals surface area (Å²) in [5, 5.41) is 9.60. The first-order valence-electron chi connectivity index (χ1n) is 6.63.